The topological polar surface area (TPSA) is 104 Å². The smallest absolute Gasteiger partial charge is 0.342 e. The van der Waals surface area contributed by atoms with Crippen molar-refractivity contribution < 1.29 is 19.5 Å². The second-order valence-corrected chi connectivity index (χ2v) is 3.51. The molecule has 0 saturated carbocycles. The minimum Gasteiger partial charge on any atom is -0.396 e. The highest BCUT2D eigenvalue weighted by molar-refractivity contribution is 7.52. The maximum Gasteiger partial charge on any atom is 0.342 e. The Balaban J connectivity index is 3.74. The predicted octanol–water partition coefficient (Wildman–Crippen LogP) is -1.17. The van der Waals surface area contributed by atoms with Gasteiger partial charge in [-0.3, -0.25) is 4.57 Å². The molecule has 5 N–H and O–H groups in total. The number of hydrogen-bond acceptors (Lipinski definition) is 3. The van der Waals surface area contributed by atoms with Crippen molar-refractivity contribution in [2.45, 2.75) is 12.2 Å². The van der Waals surface area contributed by atoms with E-state index in [2.05, 4.69) is 0 Å². The molecule has 0 bridgehead atoms. The molecular weight excluding hydrogens is 145 g/mol. The van der Waals surface area contributed by atoms with E-state index in [1.807, 2.05) is 0 Å². The molecule has 6 heteroatoms. The SMILES string of the molecule is NC(CCO)P(=O)(O)O. The third-order valence-corrected chi connectivity index (χ3v) is 1.98. The Morgan fingerprint density at radius 1 is 1.56 bits per heavy atom. The van der Waals surface area contributed by atoms with Gasteiger partial charge in [0.15, 0.2) is 0 Å². The minimum absolute atomic E-state index is 0.0652. The lowest BCUT2D eigenvalue weighted by atomic mass is 10.5. The van der Waals surface area contributed by atoms with Crippen molar-refractivity contribution in [1.82, 2.24) is 0 Å². The second kappa shape index (κ2) is 3.29. The van der Waals surface area contributed by atoms with Crippen LogP contribution in [0.15, 0.2) is 0 Å². The van der Waals surface area contributed by atoms with Crippen LogP contribution < -0.4 is 5.73 Å². The second-order valence-electron chi connectivity index (χ2n) is 1.67. The molecule has 0 radical (unpaired) electrons. The highest BCUT2D eigenvalue weighted by Gasteiger charge is 2.23. The third-order valence-electron chi connectivity index (χ3n) is 0.857. The average molecular weight is 155 g/mol. The summed E-state index contributed by atoms with van der Waals surface area (Å²) in [5.41, 5.74) is 4.94. The zero-order valence-corrected chi connectivity index (χ0v) is 5.66. The average Bonchev–Trinajstić information content (AvgIpc) is 1.64. The van der Waals surface area contributed by atoms with E-state index in [4.69, 9.17) is 20.6 Å². The molecule has 0 aliphatic heterocycles. The maximum atomic E-state index is 10.2. The van der Waals surface area contributed by atoms with E-state index in [0.29, 0.717) is 0 Å². The van der Waals surface area contributed by atoms with Crippen molar-refractivity contribution >= 4 is 7.60 Å². The van der Waals surface area contributed by atoms with Crippen LogP contribution in [-0.2, 0) is 4.57 Å². The summed E-state index contributed by atoms with van der Waals surface area (Å²) in [5, 5.41) is 8.18. The van der Waals surface area contributed by atoms with Gasteiger partial charge < -0.3 is 20.6 Å². The lowest BCUT2D eigenvalue weighted by molar-refractivity contribution is 0.274. The molecule has 0 aliphatic carbocycles. The standard InChI is InChI=1S/C3H10NO4P/c4-3(1-2-5)9(6,7)8/h3,5H,1-2,4H2,(H2,6,7,8). The van der Waals surface area contributed by atoms with Crippen molar-refractivity contribution in [2.75, 3.05) is 6.61 Å². The van der Waals surface area contributed by atoms with Gasteiger partial charge >= 0.3 is 7.60 Å². The van der Waals surface area contributed by atoms with E-state index >= 15 is 0 Å². The van der Waals surface area contributed by atoms with E-state index in [-0.39, 0.29) is 13.0 Å². The molecule has 0 aromatic carbocycles. The fraction of sp³-hybridized carbons (Fsp3) is 1.00. The molecule has 9 heavy (non-hydrogen) atoms. The molecule has 0 fully saturated rings. The zero-order valence-electron chi connectivity index (χ0n) is 4.77. The number of rotatable bonds is 3. The molecule has 1 unspecified atom stereocenters. The summed E-state index contributed by atoms with van der Waals surface area (Å²) in [6, 6.07) is 0. The summed E-state index contributed by atoms with van der Waals surface area (Å²) >= 11 is 0. The largest absolute Gasteiger partial charge is 0.396 e. The third kappa shape index (κ3) is 3.61. The normalized spacial score (nSPS) is 15.6. The van der Waals surface area contributed by atoms with Crippen LogP contribution in [0.25, 0.3) is 0 Å². The highest BCUT2D eigenvalue weighted by atomic mass is 31.2. The van der Waals surface area contributed by atoms with Crippen LogP contribution >= 0.6 is 7.60 Å². The summed E-state index contributed by atoms with van der Waals surface area (Å²) in [6.45, 7) is -0.299. The fourth-order valence-corrected chi connectivity index (χ4v) is 0.752. The van der Waals surface area contributed by atoms with E-state index in [0.717, 1.165) is 0 Å². The lowest BCUT2D eigenvalue weighted by Gasteiger charge is -2.10. The monoisotopic (exact) mass is 155 g/mol. The number of hydrogen-bond donors (Lipinski definition) is 4. The van der Waals surface area contributed by atoms with Gasteiger partial charge in [-0.2, -0.15) is 0 Å². The molecule has 0 aromatic rings. The van der Waals surface area contributed by atoms with Gasteiger partial charge in [-0.1, -0.05) is 0 Å². The Morgan fingerprint density at radius 3 is 2.11 bits per heavy atom. The molecule has 0 aromatic heterocycles. The first-order valence-corrected chi connectivity index (χ1v) is 4.08. The van der Waals surface area contributed by atoms with Crippen LogP contribution in [0.5, 0.6) is 0 Å². The molecule has 0 saturated heterocycles. The van der Waals surface area contributed by atoms with E-state index in [1.165, 1.54) is 0 Å². The summed E-state index contributed by atoms with van der Waals surface area (Å²) in [7, 11) is -4.16. The zero-order chi connectivity index (χ0) is 7.49. The van der Waals surface area contributed by atoms with E-state index in [9.17, 15) is 4.57 Å². The summed E-state index contributed by atoms with van der Waals surface area (Å²) in [6.07, 6.45) is -0.0652. The Kier molecular flexibility index (Phi) is 3.32. The van der Waals surface area contributed by atoms with E-state index < -0.39 is 13.4 Å². The molecule has 0 spiro atoms. The first kappa shape index (κ1) is 9.07. The van der Waals surface area contributed by atoms with Crippen molar-refractivity contribution in [1.29, 1.82) is 0 Å². The Labute approximate surface area is 52.7 Å². The van der Waals surface area contributed by atoms with Crippen LogP contribution in [0.1, 0.15) is 6.42 Å². The number of aliphatic hydroxyl groups excluding tert-OH is 1. The fourth-order valence-electron chi connectivity index (χ4n) is 0.300. The summed E-state index contributed by atoms with van der Waals surface area (Å²) in [5.74, 6) is -1.22. The Hall–Kier alpha value is 0.0700. The molecule has 56 valence electrons. The maximum absolute atomic E-state index is 10.2. The Bertz CT molecular complexity index is 121. The number of aliphatic hydroxyl groups is 1. The van der Waals surface area contributed by atoms with Gasteiger partial charge in [-0.05, 0) is 6.42 Å². The van der Waals surface area contributed by atoms with Gasteiger partial charge in [-0.15, -0.1) is 0 Å². The molecule has 0 amide bonds. The first-order chi connectivity index (χ1) is 3.98. The van der Waals surface area contributed by atoms with Crippen molar-refractivity contribution in [3.8, 4) is 0 Å². The van der Waals surface area contributed by atoms with Gasteiger partial charge in [-0.25, -0.2) is 0 Å². The summed E-state index contributed by atoms with van der Waals surface area (Å²) in [4.78, 5) is 16.6. The van der Waals surface area contributed by atoms with Gasteiger partial charge in [0.2, 0.25) is 0 Å². The Morgan fingerprint density at radius 2 is 2.00 bits per heavy atom. The van der Waals surface area contributed by atoms with Crippen LogP contribution in [0.2, 0.25) is 0 Å². The number of nitrogens with two attached hydrogens (primary N) is 1. The molecule has 0 aliphatic rings. The van der Waals surface area contributed by atoms with Gasteiger partial charge in [0.1, 0.15) is 5.78 Å². The van der Waals surface area contributed by atoms with E-state index in [1.54, 1.807) is 0 Å². The molecular formula is C3H10NO4P. The molecule has 1 atom stereocenters. The minimum atomic E-state index is -4.16. The molecule has 0 heterocycles. The van der Waals surface area contributed by atoms with Crippen molar-refractivity contribution in [3.63, 3.8) is 0 Å². The quantitative estimate of drug-likeness (QED) is 0.384. The van der Waals surface area contributed by atoms with Crippen LogP contribution in [-0.4, -0.2) is 27.3 Å². The molecule has 0 rings (SSSR count). The van der Waals surface area contributed by atoms with Crippen LogP contribution in [0.4, 0.5) is 0 Å². The van der Waals surface area contributed by atoms with Gasteiger partial charge in [0.25, 0.3) is 0 Å². The van der Waals surface area contributed by atoms with Crippen molar-refractivity contribution in [3.05, 3.63) is 0 Å². The van der Waals surface area contributed by atoms with Crippen molar-refractivity contribution in [2.24, 2.45) is 5.73 Å². The van der Waals surface area contributed by atoms with Crippen LogP contribution in [0, 0.1) is 0 Å². The van der Waals surface area contributed by atoms with Gasteiger partial charge in [0.05, 0.1) is 0 Å². The predicted molar refractivity (Wildman–Crippen MR) is 31.7 cm³/mol. The lowest BCUT2D eigenvalue weighted by Crippen LogP contribution is -2.20. The first-order valence-electron chi connectivity index (χ1n) is 2.40. The van der Waals surface area contributed by atoms with Gasteiger partial charge in [0, 0.05) is 6.61 Å². The van der Waals surface area contributed by atoms with Crippen LogP contribution in [0.3, 0.4) is 0 Å². The summed E-state index contributed by atoms with van der Waals surface area (Å²) < 4.78 is 10.2. The molecule has 5 nitrogen and oxygen atoms in total. The highest BCUT2D eigenvalue weighted by Crippen LogP contribution is 2.39.